The highest BCUT2D eigenvalue weighted by Gasteiger charge is 1.96. The second-order valence-corrected chi connectivity index (χ2v) is 3.66. The second-order valence-electron chi connectivity index (χ2n) is 2.71. The van der Waals surface area contributed by atoms with E-state index < -0.39 is 0 Å². The Bertz CT molecular complexity index is 281. The minimum atomic E-state index is -0.145. The minimum Gasteiger partial charge on any atom is -0.206 e. The van der Waals surface area contributed by atoms with E-state index in [1.54, 1.807) is 12.1 Å². The third kappa shape index (κ3) is 3.64. The van der Waals surface area contributed by atoms with Crippen LogP contribution in [0.25, 0.3) is 0 Å². The van der Waals surface area contributed by atoms with Gasteiger partial charge in [-0.05, 0) is 24.0 Å². The van der Waals surface area contributed by atoms with Gasteiger partial charge in [0.1, 0.15) is 5.82 Å². The summed E-state index contributed by atoms with van der Waals surface area (Å²) in [7, 11) is 0. The van der Waals surface area contributed by atoms with Gasteiger partial charge in [0.2, 0.25) is 0 Å². The average molecular weight is 196 g/mol. The molecule has 0 nitrogen and oxygen atoms in total. The van der Waals surface area contributed by atoms with Crippen LogP contribution < -0.4 is 0 Å². The molecule has 0 amide bonds. The Morgan fingerprint density at radius 2 is 2.15 bits per heavy atom. The fraction of sp³-hybridized carbons (Fsp3) is 0.273. The maximum absolute atomic E-state index is 13.0. The molecule has 1 aromatic carbocycles. The lowest BCUT2D eigenvalue weighted by atomic mass is 10.3. The first kappa shape index (κ1) is 10.3. The molecule has 0 aliphatic carbocycles. The molecule has 0 saturated carbocycles. The lowest BCUT2D eigenvalue weighted by molar-refractivity contribution is 0.602. The molecule has 0 atom stereocenters. The first-order valence-electron chi connectivity index (χ1n) is 4.40. The Morgan fingerprint density at radius 1 is 1.38 bits per heavy atom. The summed E-state index contributed by atoms with van der Waals surface area (Å²) in [5.41, 5.74) is 0. The maximum atomic E-state index is 13.0. The van der Waals surface area contributed by atoms with E-state index in [1.807, 2.05) is 11.5 Å². The Morgan fingerprint density at radius 3 is 2.85 bits per heavy atom. The van der Waals surface area contributed by atoms with Crippen molar-refractivity contribution in [2.24, 2.45) is 0 Å². The van der Waals surface area contributed by atoms with Gasteiger partial charge in [-0.2, -0.15) is 0 Å². The van der Waals surface area contributed by atoms with Gasteiger partial charge in [-0.3, -0.25) is 0 Å². The van der Waals surface area contributed by atoms with Crippen LogP contribution in [0, 0.1) is 5.82 Å². The summed E-state index contributed by atoms with van der Waals surface area (Å²) in [6.45, 7) is 2.12. The number of allylic oxidation sites excluding steroid dienone is 1. The molecule has 0 spiro atoms. The standard InChI is InChI=1S/C11H13FS/c1-2-3-6-9-13-11-8-5-4-7-10(11)12/h4-9H,2-3H2,1H3/b9-6+. The van der Waals surface area contributed by atoms with Gasteiger partial charge in [0.05, 0.1) is 0 Å². The Labute approximate surface area is 82.9 Å². The molecule has 0 aromatic heterocycles. The summed E-state index contributed by atoms with van der Waals surface area (Å²) in [6.07, 6.45) is 4.26. The van der Waals surface area contributed by atoms with Crippen molar-refractivity contribution in [1.29, 1.82) is 0 Å². The molecule has 1 aromatic rings. The zero-order valence-corrected chi connectivity index (χ0v) is 8.48. The highest BCUT2D eigenvalue weighted by atomic mass is 32.2. The molecule has 0 aliphatic rings. The molecule has 0 bridgehead atoms. The zero-order valence-electron chi connectivity index (χ0n) is 7.66. The molecule has 70 valence electrons. The van der Waals surface area contributed by atoms with E-state index in [0.717, 1.165) is 12.8 Å². The van der Waals surface area contributed by atoms with Crippen LogP contribution in [-0.4, -0.2) is 0 Å². The van der Waals surface area contributed by atoms with Crippen molar-refractivity contribution >= 4 is 11.8 Å². The van der Waals surface area contributed by atoms with Crippen molar-refractivity contribution in [1.82, 2.24) is 0 Å². The van der Waals surface area contributed by atoms with Gasteiger partial charge in [0, 0.05) is 4.90 Å². The summed E-state index contributed by atoms with van der Waals surface area (Å²) in [6, 6.07) is 6.82. The number of benzene rings is 1. The average Bonchev–Trinajstić information content (AvgIpc) is 2.15. The molecule has 0 saturated heterocycles. The van der Waals surface area contributed by atoms with Crippen molar-refractivity contribution in [3.63, 3.8) is 0 Å². The lowest BCUT2D eigenvalue weighted by Gasteiger charge is -1.96. The van der Waals surface area contributed by atoms with E-state index >= 15 is 0 Å². The molecule has 0 N–H and O–H groups in total. The highest BCUT2D eigenvalue weighted by molar-refractivity contribution is 8.02. The summed E-state index contributed by atoms with van der Waals surface area (Å²) < 4.78 is 13.0. The normalized spacial score (nSPS) is 10.9. The molecule has 13 heavy (non-hydrogen) atoms. The van der Waals surface area contributed by atoms with Crippen molar-refractivity contribution < 1.29 is 4.39 Å². The summed E-state index contributed by atoms with van der Waals surface area (Å²) >= 11 is 1.43. The Kier molecular flexibility index (Phi) is 4.61. The number of rotatable bonds is 4. The van der Waals surface area contributed by atoms with Crippen LogP contribution in [0.5, 0.6) is 0 Å². The molecule has 2 heteroatoms. The SMILES string of the molecule is CCC/C=C/Sc1ccccc1F. The van der Waals surface area contributed by atoms with E-state index in [4.69, 9.17) is 0 Å². The summed E-state index contributed by atoms with van der Waals surface area (Å²) in [4.78, 5) is 0.690. The molecular weight excluding hydrogens is 183 g/mol. The monoisotopic (exact) mass is 196 g/mol. The van der Waals surface area contributed by atoms with Crippen LogP contribution >= 0.6 is 11.8 Å². The number of hydrogen-bond acceptors (Lipinski definition) is 1. The largest absolute Gasteiger partial charge is 0.206 e. The van der Waals surface area contributed by atoms with Crippen LogP contribution in [0.1, 0.15) is 19.8 Å². The minimum absolute atomic E-state index is 0.145. The van der Waals surface area contributed by atoms with Crippen LogP contribution in [0.15, 0.2) is 40.6 Å². The predicted octanol–water partition coefficient (Wildman–Crippen LogP) is 4.23. The summed E-state index contributed by atoms with van der Waals surface area (Å²) in [5, 5.41) is 1.95. The Balaban J connectivity index is 2.49. The number of unbranched alkanes of at least 4 members (excludes halogenated alkanes) is 1. The fourth-order valence-electron chi connectivity index (χ4n) is 0.896. The number of hydrogen-bond donors (Lipinski definition) is 0. The third-order valence-electron chi connectivity index (χ3n) is 1.58. The van der Waals surface area contributed by atoms with Crippen molar-refractivity contribution in [2.75, 3.05) is 0 Å². The van der Waals surface area contributed by atoms with E-state index in [9.17, 15) is 4.39 Å². The highest BCUT2D eigenvalue weighted by Crippen LogP contribution is 2.22. The van der Waals surface area contributed by atoms with E-state index in [2.05, 4.69) is 13.0 Å². The van der Waals surface area contributed by atoms with Gasteiger partial charge < -0.3 is 0 Å². The van der Waals surface area contributed by atoms with E-state index in [1.165, 1.54) is 17.8 Å². The quantitative estimate of drug-likeness (QED) is 0.649. The van der Waals surface area contributed by atoms with Gasteiger partial charge >= 0.3 is 0 Å². The molecule has 0 aliphatic heterocycles. The molecule has 0 fully saturated rings. The predicted molar refractivity (Wildman–Crippen MR) is 56.3 cm³/mol. The summed E-state index contributed by atoms with van der Waals surface area (Å²) in [5.74, 6) is -0.145. The van der Waals surface area contributed by atoms with Gasteiger partial charge in [0.15, 0.2) is 0 Å². The molecular formula is C11H13FS. The first-order valence-corrected chi connectivity index (χ1v) is 5.28. The topological polar surface area (TPSA) is 0 Å². The smallest absolute Gasteiger partial charge is 0.137 e. The van der Waals surface area contributed by atoms with Crippen molar-refractivity contribution in [3.8, 4) is 0 Å². The molecule has 0 radical (unpaired) electrons. The van der Waals surface area contributed by atoms with Crippen LogP contribution in [-0.2, 0) is 0 Å². The van der Waals surface area contributed by atoms with Crippen LogP contribution in [0.3, 0.4) is 0 Å². The maximum Gasteiger partial charge on any atom is 0.137 e. The van der Waals surface area contributed by atoms with Gasteiger partial charge in [0.25, 0.3) is 0 Å². The van der Waals surface area contributed by atoms with Crippen molar-refractivity contribution in [2.45, 2.75) is 24.7 Å². The third-order valence-corrected chi connectivity index (χ3v) is 2.50. The Hall–Kier alpha value is -0.760. The fourth-order valence-corrected chi connectivity index (χ4v) is 1.61. The lowest BCUT2D eigenvalue weighted by Crippen LogP contribution is -1.75. The van der Waals surface area contributed by atoms with E-state index in [-0.39, 0.29) is 5.82 Å². The van der Waals surface area contributed by atoms with E-state index in [0.29, 0.717) is 4.90 Å². The van der Waals surface area contributed by atoms with Gasteiger partial charge in [-0.15, -0.1) is 0 Å². The molecule has 0 heterocycles. The first-order chi connectivity index (χ1) is 6.34. The second kappa shape index (κ2) is 5.81. The molecule has 1 rings (SSSR count). The van der Waals surface area contributed by atoms with Gasteiger partial charge in [-0.25, -0.2) is 4.39 Å². The molecule has 0 unspecified atom stereocenters. The van der Waals surface area contributed by atoms with Gasteiger partial charge in [-0.1, -0.05) is 43.3 Å². The number of halogens is 1. The van der Waals surface area contributed by atoms with Crippen molar-refractivity contribution in [3.05, 3.63) is 41.6 Å². The zero-order chi connectivity index (χ0) is 9.52. The van der Waals surface area contributed by atoms with Crippen LogP contribution in [0.4, 0.5) is 4.39 Å². The van der Waals surface area contributed by atoms with Crippen LogP contribution in [0.2, 0.25) is 0 Å². The number of thioether (sulfide) groups is 1.